The van der Waals surface area contributed by atoms with Crippen LogP contribution in [0.2, 0.25) is 0 Å². The molecule has 2 aliphatic heterocycles. The minimum absolute atomic E-state index is 0.0156. The third kappa shape index (κ3) is 4.00. The molecule has 25 heavy (non-hydrogen) atoms. The van der Waals surface area contributed by atoms with Gasteiger partial charge in [0.25, 0.3) is 0 Å². The Balaban J connectivity index is 1.63. The Bertz CT molecular complexity index is 643. The quantitative estimate of drug-likeness (QED) is 0.821. The third-order valence-corrected chi connectivity index (χ3v) is 5.34. The second-order valence-electron chi connectivity index (χ2n) is 7.16. The van der Waals surface area contributed by atoms with E-state index in [9.17, 15) is 9.59 Å². The molecule has 0 spiro atoms. The Morgan fingerprint density at radius 1 is 1.16 bits per heavy atom. The normalized spacial score (nSPS) is 24.6. The number of hydrogen-bond acceptors (Lipinski definition) is 5. The molecule has 2 fully saturated rings. The summed E-state index contributed by atoms with van der Waals surface area (Å²) in [6.07, 6.45) is 4.70. The minimum atomic E-state index is -0.442. The van der Waals surface area contributed by atoms with Crippen molar-refractivity contribution in [3.05, 3.63) is 11.6 Å². The number of hydrogen-bond donors (Lipinski definition) is 1. The zero-order valence-electron chi connectivity index (χ0n) is 15.1. The maximum absolute atomic E-state index is 12.8. The summed E-state index contributed by atoms with van der Waals surface area (Å²) in [6, 6.07) is -0.164. The first kappa shape index (κ1) is 17.8. The number of nitrogens with two attached hydrogens (primary N) is 1. The van der Waals surface area contributed by atoms with Gasteiger partial charge < -0.3 is 10.6 Å². The Labute approximate surface area is 148 Å². The average Bonchev–Trinajstić information content (AvgIpc) is 3.13. The van der Waals surface area contributed by atoms with E-state index in [4.69, 9.17) is 5.73 Å². The van der Waals surface area contributed by atoms with E-state index in [0.29, 0.717) is 19.5 Å². The van der Waals surface area contributed by atoms with E-state index in [1.807, 2.05) is 18.5 Å². The lowest BCUT2D eigenvalue weighted by molar-refractivity contribution is -0.142. The van der Waals surface area contributed by atoms with Crippen molar-refractivity contribution >= 4 is 11.8 Å². The fourth-order valence-corrected chi connectivity index (χ4v) is 4.03. The fourth-order valence-electron chi connectivity index (χ4n) is 4.03. The van der Waals surface area contributed by atoms with Crippen LogP contribution in [0.15, 0.2) is 0 Å². The molecule has 0 radical (unpaired) electrons. The maximum Gasteiger partial charge on any atom is 0.240 e. The largest absolute Gasteiger partial charge is 0.368 e. The molecule has 2 amide bonds. The molecule has 0 bridgehead atoms. The Hall–Kier alpha value is -1.96. The number of nitrogens with zero attached hydrogens (tertiary/aromatic N) is 5. The van der Waals surface area contributed by atoms with E-state index in [-0.39, 0.29) is 17.9 Å². The first-order chi connectivity index (χ1) is 12.0. The van der Waals surface area contributed by atoms with Crippen molar-refractivity contribution in [3.8, 4) is 0 Å². The molecule has 2 atom stereocenters. The van der Waals surface area contributed by atoms with Gasteiger partial charge in [-0.1, -0.05) is 0 Å². The molecule has 8 nitrogen and oxygen atoms in total. The maximum atomic E-state index is 12.8. The van der Waals surface area contributed by atoms with E-state index in [1.165, 1.54) is 0 Å². The predicted octanol–water partition coefficient (Wildman–Crippen LogP) is 0.226. The molecule has 8 heteroatoms. The van der Waals surface area contributed by atoms with Crippen LogP contribution in [-0.2, 0) is 16.1 Å². The second kappa shape index (κ2) is 7.51. The summed E-state index contributed by atoms with van der Waals surface area (Å²) < 4.78 is 1.93. The van der Waals surface area contributed by atoms with Gasteiger partial charge in [-0.05, 0) is 52.5 Å². The van der Waals surface area contributed by atoms with Gasteiger partial charge in [0.05, 0.1) is 13.1 Å². The molecule has 3 rings (SSSR count). The Kier molecular flexibility index (Phi) is 5.36. The number of piperidine rings is 1. The van der Waals surface area contributed by atoms with Crippen LogP contribution in [0, 0.1) is 13.8 Å². The van der Waals surface area contributed by atoms with Crippen molar-refractivity contribution in [1.29, 1.82) is 0 Å². The fraction of sp³-hybridized carbons (Fsp3) is 0.765. The van der Waals surface area contributed by atoms with Gasteiger partial charge in [-0.2, -0.15) is 5.10 Å². The van der Waals surface area contributed by atoms with Crippen LogP contribution in [0.4, 0.5) is 0 Å². The van der Waals surface area contributed by atoms with Crippen molar-refractivity contribution in [1.82, 2.24) is 24.6 Å². The number of carbonyl (C=O) groups excluding carboxylic acids is 2. The van der Waals surface area contributed by atoms with E-state index in [2.05, 4.69) is 15.0 Å². The van der Waals surface area contributed by atoms with Crippen LogP contribution < -0.4 is 5.73 Å². The molecule has 2 N–H and O–H groups in total. The van der Waals surface area contributed by atoms with E-state index >= 15 is 0 Å². The SMILES string of the molecule is Cc1nc(C)n(C[C@@H]2CCCN2CC(=O)N2CCCC[C@H]2C(N)=O)n1. The number of aryl methyl sites for hydroxylation is 2. The highest BCUT2D eigenvalue weighted by Gasteiger charge is 2.34. The van der Waals surface area contributed by atoms with Crippen molar-refractivity contribution in [2.45, 2.75) is 64.6 Å². The molecule has 0 unspecified atom stereocenters. The van der Waals surface area contributed by atoms with Crippen LogP contribution in [0.1, 0.15) is 43.8 Å². The van der Waals surface area contributed by atoms with Gasteiger partial charge in [-0.25, -0.2) is 9.67 Å². The van der Waals surface area contributed by atoms with Crippen molar-refractivity contribution in [2.75, 3.05) is 19.6 Å². The number of primary amides is 1. The molecule has 1 aromatic heterocycles. The van der Waals surface area contributed by atoms with Gasteiger partial charge in [0.2, 0.25) is 11.8 Å². The lowest BCUT2D eigenvalue weighted by atomic mass is 10.0. The standard InChI is InChI=1S/C17H28N6O2/c1-12-19-13(2)23(20-12)10-14-6-5-8-21(14)11-16(24)22-9-4-3-7-15(22)17(18)25/h14-15H,3-11H2,1-2H3,(H2,18,25)/t14-,15-/m0/s1. The molecule has 0 saturated carbocycles. The molecular formula is C17H28N6O2. The zero-order valence-corrected chi connectivity index (χ0v) is 15.1. The highest BCUT2D eigenvalue weighted by molar-refractivity contribution is 5.87. The molecule has 3 heterocycles. The van der Waals surface area contributed by atoms with Crippen molar-refractivity contribution in [2.24, 2.45) is 5.73 Å². The summed E-state index contributed by atoms with van der Waals surface area (Å²) in [5, 5.41) is 4.43. The van der Waals surface area contributed by atoms with E-state index in [0.717, 1.165) is 50.4 Å². The van der Waals surface area contributed by atoms with Gasteiger partial charge in [-0.15, -0.1) is 0 Å². The summed E-state index contributed by atoms with van der Waals surface area (Å²) in [7, 11) is 0. The Morgan fingerprint density at radius 2 is 1.96 bits per heavy atom. The highest BCUT2D eigenvalue weighted by Crippen LogP contribution is 2.21. The summed E-state index contributed by atoms with van der Waals surface area (Å²) in [5.41, 5.74) is 5.49. The van der Waals surface area contributed by atoms with Gasteiger partial charge in [-0.3, -0.25) is 14.5 Å². The van der Waals surface area contributed by atoms with Gasteiger partial charge in [0, 0.05) is 12.6 Å². The topological polar surface area (TPSA) is 97.4 Å². The predicted molar refractivity (Wildman–Crippen MR) is 92.6 cm³/mol. The Morgan fingerprint density at radius 3 is 2.64 bits per heavy atom. The lowest BCUT2D eigenvalue weighted by Crippen LogP contribution is -2.53. The molecular weight excluding hydrogens is 320 g/mol. The summed E-state index contributed by atoms with van der Waals surface area (Å²) in [6.45, 7) is 6.47. The van der Waals surface area contributed by atoms with Crippen LogP contribution in [0.3, 0.4) is 0 Å². The summed E-state index contributed by atoms with van der Waals surface area (Å²) >= 11 is 0. The number of carbonyl (C=O) groups is 2. The monoisotopic (exact) mass is 348 g/mol. The van der Waals surface area contributed by atoms with E-state index < -0.39 is 6.04 Å². The molecule has 2 saturated heterocycles. The van der Waals surface area contributed by atoms with Crippen molar-refractivity contribution < 1.29 is 9.59 Å². The molecule has 0 aromatic carbocycles. The van der Waals surface area contributed by atoms with E-state index in [1.54, 1.807) is 4.90 Å². The summed E-state index contributed by atoms with van der Waals surface area (Å²) in [5.74, 6) is 1.30. The zero-order chi connectivity index (χ0) is 18.0. The highest BCUT2D eigenvalue weighted by atomic mass is 16.2. The molecule has 1 aromatic rings. The number of rotatable bonds is 5. The smallest absolute Gasteiger partial charge is 0.240 e. The average molecular weight is 348 g/mol. The van der Waals surface area contributed by atoms with Crippen LogP contribution >= 0.6 is 0 Å². The number of likely N-dealkylation sites (tertiary alicyclic amines) is 2. The lowest BCUT2D eigenvalue weighted by Gasteiger charge is -2.35. The summed E-state index contributed by atoms with van der Waals surface area (Å²) in [4.78, 5) is 32.7. The first-order valence-corrected chi connectivity index (χ1v) is 9.16. The van der Waals surface area contributed by atoms with Crippen LogP contribution in [0.25, 0.3) is 0 Å². The number of amides is 2. The van der Waals surface area contributed by atoms with Gasteiger partial charge in [0.1, 0.15) is 17.7 Å². The van der Waals surface area contributed by atoms with Crippen molar-refractivity contribution in [3.63, 3.8) is 0 Å². The van der Waals surface area contributed by atoms with Gasteiger partial charge in [0.15, 0.2) is 0 Å². The number of aromatic nitrogens is 3. The van der Waals surface area contributed by atoms with Gasteiger partial charge >= 0.3 is 0 Å². The second-order valence-corrected chi connectivity index (χ2v) is 7.16. The first-order valence-electron chi connectivity index (χ1n) is 9.16. The minimum Gasteiger partial charge on any atom is -0.368 e. The van der Waals surface area contributed by atoms with Crippen LogP contribution in [0.5, 0.6) is 0 Å². The molecule has 138 valence electrons. The third-order valence-electron chi connectivity index (χ3n) is 5.34. The molecule has 0 aliphatic carbocycles. The molecule has 2 aliphatic rings. The van der Waals surface area contributed by atoms with Crippen LogP contribution in [-0.4, -0.2) is 68.1 Å².